The molecule has 1 unspecified atom stereocenters. The van der Waals surface area contributed by atoms with Crippen molar-refractivity contribution in [3.63, 3.8) is 0 Å². The third-order valence-corrected chi connectivity index (χ3v) is 5.26. The van der Waals surface area contributed by atoms with Gasteiger partial charge in [0.2, 0.25) is 0 Å². The molecule has 0 fully saturated rings. The molecular formula is C14H23N5O4P-. The maximum atomic E-state index is 12.0. The fourth-order valence-corrected chi connectivity index (χ4v) is 2.67. The van der Waals surface area contributed by atoms with Gasteiger partial charge in [0.1, 0.15) is 19.4 Å². The molecule has 2 rings (SSSR count). The molecule has 0 aliphatic heterocycles. The van der Waals surface area contributed by atoms with E-state index in [2.05, 4.69) is 15.0 Å². The van der Waals surface area contributed by atoms with Gasteiger partial charge in [-0.15, -0.1) is 0 Å². The van der Waals surface area contributed by atoms with Crippen LogP contribution in [0.3, 0.4) is 0 Å². The number of imidazole rings is 1. The lowest BCUT2D eigenvalue weighted by Gasteiger charge is -2.30. The van der Waals surface area contributed by atoms with Crippen molar-refractivity contribution in [1.82, 2.24) is 19.5 Å². The van der Waals surface area contributed by atoms with Gasteiger partial charge in [0.25, 0.3) is 0 Å². The molecular weight excluding hydrogens is 333 g/mol. The fourth-order valence-electron chi connectivity index (χ4n) is 1.99. The monoisotopic (exact) mass is 356 g/mol. The van der Waals surface area contributed by atoms with Crippen LogP contribution in [0.25, 0.3) is 11.2 Å². The average molecular weight is 356 g/mol. The van der Waals surface area contributed by atoms with E-state index in [-0.39, 0.29) is 25.1 Å². The van der Waals surface area contributed by atoms with Crippen molar-refractivity contribution in [2.24, 2.45) is 0 Å². The van der Waals surface area contributed by atoms with Crippen LogP contribution >= 0.6 is 7.60 Å². The van der Waals surface area contributed by atoms with Crippen LogP contribution in [-0.2, 0) is 13.8 Å². The van der Waals surface area contributed by atoms with Gasteiger partial charge in [-0.2, -0.15) is 0 Å². The Hall–Kier alpha value is -1.54. The summed E-state index contributed by atoms with van der Waals surface area (Å²) in [5.74, 6) is 0.264. The summed E-state index contributed by atoms with van der Waals surface area (Å²) in [5.41, 5.74) is 6.16. The van der Waals surface area contributed by atoms with Crippen molar-refractivity contribution < 1.29 is 18.7 Å². The van der Waals surface area contributed by atoms with E-state index in [0.717, 1.165) is 0 Å². The minimum Gasteiger partial charge on any atom is -0.778 e. The van der Waals surface area contributed by atoms with Crippen molar-refractivity contribution in [1.29, 1.82) is 0 Å². The number of anilines is 1. The third-order valence-electron chi connectivity index (χ3n) is 3.48. The number of hydrogen-bond donors (Lipinski definition) is 1. The van der Waals surface area contributed by atoms with Crippen molar-refractivity contribution in [3.05, 3.63) is 12.7 Å². The van der Waals surface area contributed by atoms with Crippen LogP contribution < -0.4 is 10.6 Å². The van der Waals surface area contributed by atoms with Gasteiger partial charge in [0.15, 0.2) is 11.5 Å². The first kappa shape index (κ1) is 18.8. The largest absolute Gasteiger partial charge is 0.778 e. The van der Waals surface area contributed by atoms with E-state index in [1.54, 1.807) is 24.7 Å². The molecule has 0 spiro atoms. The number of nitrogens with zero attached hydrogens (tertiary/aromatic N) is 4. The van der Waals surface area contributed by atoms with Crippen LogP contribution in [0.1, 0.15) is 33.7 Å². The SMILES string of the molecule is CC(C)OC[C@@H](COP(=O)([O-])C(C)C)n1cnc2c(N)ncnc21. The second-order valence-electron chi connectivity index (χ2n) is 6.05. The summed E-state index contributed by atoms with van der Waals surface area (Å²) in [6, 6.07) is -0.410. The molecule has 0 amide bonds. The lowest BCUT2D eigenvalue weighted by atomic mass is 10.3. The maximum absolute atomic E-state index is 12.0. The van der Waals surface area contributed by atoms with Gasteiger partial charge >= 0.3 is 0 Å². The first-order chi connectivity index (χ1) is 11.2. The van der Waals surface area contributed by atoms with Crippen LogP contribution in [-0.4, -0.2) is 44.5 Å². The smallest absolute Gasteiger partial charge is 0.165 e. The number of ether oxygens (including phenoxy) is 1. The van der Waals surface area contributed by atoms with Crippen LogP contribution in [0.5, 0.6) is 0 Å². The Bertz CT molecular complexity index is 733. The molecule has 0 bridgehead atoms. The van der Waals surface area contributed by atoms with E-state index in [1.807, 2.05) is 13.8 Å². The molecule has 2 heterocycles. The summed E-state index contributed by atoms with van der Waals surface area (Å²) in [6.45, 7) is 7.14. The molecule has 134 valence electrons. The molecule has 2 aromatic rings. The third kappa shape index (κ3) is 4.30. The highest BCUT2D eigenvalue weighted by molar-refractivity contribution is 7.52. The average Bonchev–Trinajstić information content (AvgIpc) is 2.92. The lowest BCUT2D eigenvalue weighted by molar-refractivity contribution is -0.201. The van der Waals surface area contributed by atoms with Gasteiger partial charge in [0, 0.05) is 5.66 Å². The zero-order valence-electron chi connectivity index (χ0n) is 14.2. The van der Waals surface area contributed by atoms with Gasteiger partial charge in [-0.05, 0) is 13.8 Å². The Morgan fingerprint density at radius 2 is 1.96 bits per heavy atom. The molecule has 0 aromatic carbocycles. The molecule has 2 N–H and O–H groups in total. The Morgan fingerprint density at radius 1 is 1.25 bits per heavy atom. The first-order valence-corrected chi connectivity index (χ1v) is 9.33. The second kappa shape index (κ2) is 7.57. The van der Waals surface area contributed by atoms with Gasteiger partial charge in [-0.1, -0.05) is 13.8 Å². The molecule has 9 nitrogen and oxygen atoms in total. The Labute approximate surface area is 140 Å². The van der Waals surface area contributed by atoms with Crippen LogP contribution in [0.2, 0.25) is 0 Å². The molecule has 2 aromatic heterocycles. The van der Waals surface area contributed by atoms with Gasteiger partial charge in [-0.25, -0.2) is 15.0 Å². The predicted octanol–water partition coefficient (Wildman–Crippen LogP) is 1.35. The molecule has 0 saturated heterocycles. The first-order valence-electron chi connectivity index (χ1n) is 7.72. The number of rotatable bonds is 8. The summed E-state index contributed by atoms with van der Waals surface area (Å²) >= 11 is 0. The van der Waals surface area contributed by atoms with Crippen LogP contribution in [0, 0.1) is 0 Å². The van der Waals surface area contributed by atoms with Gasteiger partial charge in [0.05, 0.1) is 31.7 Å². The van der Waals surface area contributed by atoms with Gasteiger partial charge < -0.3 is 29.0 Å². The minimum atomic E-state index is -3.93. The lowest BCUT2D eigenvalue weighted by Crippen LogP contribution is -2.24. The number of nitrogen functional groups attached to an aromatic ring is 1. The van der Waals surface area contributed by atoms with E-state index in [9.17, 15) is 9.46 Å². The Morgan fingerprint density at radius 3 is 2.58 bits per heavy atom. The molecule has 0 aliphatic rings. The van der Waals surface area contributed by atoms with E-state index < -0.39 is 19.3 Å². The number of fused-ring (bicyclic) bond motifs is 1. The molecule has 10 heteroatoms. The second-order valence-corrected chi connectivity index (χ2v) is 8.42. The maximum Gasteiger partial charge on any atom is 0.165 e. The van der Waals surface area contributed by atoms with E-state index in [4.69, 9.17) is 15.0 Å². The van der Waals surface area contributed by atoms with E-state index in [1.165, 1.54) is 6.33 Å². The van der Waals surface area contributed by atoms with E-state index >= 15 is 0 Å². The number of nitrogens with two attached hydrogens (primary N) is 1. The molecule has 0 radical (unpaired) electrons. The Balaban J connectivity index is 2.28. The van der Waals surface area contributed by atoms with Crippen LogP contribution in [0.4, 0.5) is 5.82 Å². The van der Waals surface area contributed by atoms with Crippen molar-refractivity contribution in [3.8, 4) is 0 Å². The van der Waals surface area contributed by atoms with E-state index in [0.29, 0.717) is 11.2 Å². The standard InChI is InChI=1S/C14H24N5O4P/c1-9(2)22-5-11(6-23-24(20,21)10(3)4)19-8-18-12-13(15)16-7-17-14(12)19/h7-11H,5-6H2,1-4H3,(H,20,21)(H2,15,16,17)/p-1/t11-/m0/s1. The molecule has 2 atom stereocenters. The fraction of sp³-hybridized carbons (Fsp3) is 0.643. The zero-order chi connectivity index (χ0) is 17.9. The summed E-state index contributed by atoms with van der Waals surface area (Å²) in [4.78, 5) is 24.2. The van der Waals surface area contributed by atoms with Crippen LogP contribution in [0.15, 0.2) is 12.7 Å². The molecule has 0 aliphatic carbocycles. The summed E-state index contributed by atoms with van der Waals surface area (Å²) in [7, 11) is -3.93. The highest BCUT2D eigenvalue weighted by Gasteiger charge is 2.21. The topological polar surface area (TPSA) is 128 Å². The molecule has 0 saturated carbocycles. The zero-order valence-corrected chi connectivity index (χ0v) is 15.1. The summed E-state index contributed by atoms with van der Waals surface area (Å²) < 4.78 is 24.5. The predicted molar refractivity (Wildman–Crippen MR) is 88.6 cm³/mol. The number of aromatic nitrogens is 4. The number of hydrogen-bond acceptors (Lipinski definition) is 8. The van der Waals surface area contributed by atoms with Crippen molar-refractivity contribution in [2.75, 3.05) is 18.9 Å². The van der Waals surface area contributed by atoms with Crippen molar-refractivity contribution >= 4 is 24.6 Å². The van der Waals surface area contributed by atoms with Crippen molar-refractivity contribution in [2.45, 2.75) is 45.5 Å². The minimum absolute atomic E-state index is 0.00821. The summed E-state index contributed by atoms with van der Waals surface area (Å²) in [5, 5.41) is 0. The molecule has 24 heavy (non-hydrogen) atoms. The normalized spacial score (nSPS) is 16.0. The highest BCUT2D eigenvalue weighted by atomic mass is 31.2. The Kier molecular flexibility index (Phi) is 5.92. The summed E-state index contributed by atoms with van der Waals surface area (Å²) in [6.07, 6.45) is 2.87. The quantitative estimate of drug-likeness (QED) is 0.702. The highest BCUT2D eigenvalue weighted by Crippen LogP contribution is 2.43. The van der Waals surface area contributed by atoms with Gasteiger partial charge in [-0.3, -0.25) is 0 Å².